The second-order valence-electron chi connectivity index (χ2n) is 5.55. The Balaban J connectivity index is 1.77. The first-order valence-corrected chi connectivity index (χ1v) is 7.77. The number of fused-ring (bicyclic) bond motifs is 5. The van der Waals surface area contributed by atoms with Gasteiger partial charge in [0.05, 0.1) is 30.2 Å². The van der Waals surface area contributed by atoms with Gasteiger partial charge in [0.15, 0.2) is 0 Å². The Morgan fingerprint density at radius 2 is 1.95 bits per heavy atom. The SMILES string of the molecule is O=C1[C@@H]2[C@@H]3C=C[C@](CO)(O3)[C@@H]2C(=O)N1c1ccc(I)cc1. The summed E-state index contributed by atoms with van der Waals surface area (Å²) in [6, 6.07) is 7.24. The van der Waals surface area contributed by atoms with Gasteiger partial charge in [0.25, 0.3) is 0 Å². The van der Waals surface area contributed by atoms with Crippen LogP contribution in [0.4, 0.5) is 5.69 Å². The van der Waals surface area contributed by atoms with Crippen LogP contribution < -0.4 is 4.90 Å². The molecule has 0 radical (unpaired) electrons. The van der Waals surface area contributed by atoms with E-state index in [4.69, 9.17) is 4.74 Å². The number of rotatable bonds is 2. The molecule has 0 spiro atoms. The van der Waals surface area contributed by atoms with E-state index in [1.807, 2.05) is 12.1 Å². The Kier molecular flexibility index (Phi) is 2.79. The second kappa shape index (κ2) is 4.37. The topological polar surface area (TPSA) is 66.8 Å². The third-order valence-electron chi connectivity index (χ3n) is 4.49. The number of carbonyl (C=O) groups is 2. The van der Waals surface area contributed by atoms with Crippen molar-refractivity contribution in [2.45, 2.75) is 11.7 Å². The standard InChI is InChI=1S/C15H12INO4/c16-8-1-3-9(4-2-8)17-13(19)11-10-5-6-15(7-18,21-10)12(11)14(17)20/h1-6,10-12,18H,7H2/t10-,11+,12-,15+/m0/s1. The van der Waals surface area contributed by atoms with Gasteiger partial charge in [-0.25, -0.2) is 4.90 Å². The fourth-order valence-corrected chi connectivity index (χ4v) is 3.89. The summed E-state index contributed by atoms with van der Waals surface area (Å²) < 4.78 is 6.72. The van der Waals surface area contributed by atoms with Gasteiger partial charge in [-0.2, -0.15) is 0 Å². The molecule has 1 aromatic carbocycles. The molecule has 0 saturated carbocycles. The number of ether oxygens (including phenoxy) is 1. The Morgan fingerprint density at radius 3 is 2.62 bits per heavy atom. The molecule has 4 rings (SSSR count). The molecule has 2 amide bonds. The molecule has 0 unspecified atom stereocenters. The second-order valence-corrected chi connectivity index (χ2v) is 6.79. The number of amides is 2. The quantitative estimate of drug-likeness (QED) is 0.461. The van der Waals surface area contributed by atoms with E-state index in [0.717, 1.165) is 3.57 Å². The Labute approximate surface area is 134 Å². The maximum absolute atomic E-state index is 12.7. The van der Waals surface area contributed by atoms with E-state index in [2.05, 4.69) is 22.6 Å². The van der Waals surface area contributed by atoms with Crippen molar-refractivity contribution in [2.24, 2.45) is 11.8 Å². The predicted molar refractivity (Wildman–Crippen MR) is 82.5 cm³/mol. The molecule has 2 bridgehead atoms. The van der Waals surface area contributed by atoms with Crippen LogP contribution in [0.2, 0.25) is 0 Å². The number of anilines is 1. The summed E-state index contributed by atoms with van der Waals surface area (Å²) in [5.74, 6) is -1.67. The van der Waals surface area contributed by atoms with Gasteiger partial charge in [0, 0.05) is 3.57 Å². The van der Waals surface area contributed by atoms with Crippen molar-refractivity contribution in [3.63, 3.8) is 0 Å². The molecule has 5 nitrogen and oxygen atoms in total. The molecular weight excluding hydrogens is 385 g/mol. The van der Waals surface area contributed by atoms with Crippen molar-refractivity contribution in [3.05, 3.63) is 40.0 Å². The highest BCUT2D eigenvalue weighted by Crippen LogP contribution is 2.52. The summed E-state index contributed by atoms with van der Waals surface area (Å²) in [6.07, 6.45) is 3.09. The number of halogens is 1. The number of carbonyl (C=O) groups excluding carboxylic acids is 2. The van der Waals surface area contributed by atoms with Crippen molar-refractivity contribution in [3.8, 4) is 0 Å². The highest BCUT2D eigenvalue weighted by atomic mass is 127. The van der Waals surface area contributed by atoms with Crippen molar-refractivity contribution < 1.29 is 19.4 Å². The largest absolute Gasteiger partial charge is 0.393 e. The Hall–Kier alpha value is -1.25. The normalized spacial score (nSPS) is 36.7. The van der Waals surface area contributed by atoms with Gasteiger partial charge in [0.1, 0.15) is 5.60 Å². The molecular formula is C15H12INO4. The van der Waals surface area contributed by atoms with Crippen LogP contribution in [0.5, 0.6) is 0 Å². The lowest BCUT2D eigenvalue weighted by atomic mass is 9.77. The highest BCUT2D eigenvalue weighted by Gasteiger charge is 2.67. The molecule has 6 heteroatoms. The third-order valence-corrected chi connectivity index (χ3v) is 5.21. The lowest BCUT2D eigenvalue weighted by Gasteiger charge is -2.26. The molecule has 0 aliphatic carbocycles. The van der Waals surface area contributed by atoms with E-state index in [-0.39, 0.29) is 18.4 Å². The zero-order valence-electron chi connectivity index (χ0n) is 10.9. The van der Waals surface area contributed by atoms with Crippen molar-refractivity contribution in [1.29, 1.82) is 0 Å². The number of hydrogen-bond acceptors (Lipinski definition) is 4. The van der Waals surface area contributed by atoms with Gasteiger partial charge < -0.3 is 9.84 Å². The first-order valence-electron chi connectivity index (χ1n) is 6.69. The molecule has 3 aliphatic heterocycles. The summed E-state index contributed by atoms with van der Waals surface area (Å²) in [4.78, 5) is 26.6. The fourth-order valence-electron chi connectivity index (χ4n) is 3.53. The third kappa shape index (κ3) is 1.63. The molecule has 21 heavy (non-hydrogen) atoms. The number of aliphatic hydroxyl groups is 1. The van der Waals surface area contributed by atoms with E-state index >= 15 is 0 Å². The minimum atomic E-state index is -1.03. The predicted octanol–water partition coefficient (Wildman–Crippen LogP) is 1.10. The van der Waals surface area contributed by atoms with Gasteiger partial charge in [-0.1, -0.05) is 12.2 Å². The van der Waals surface area contributed by atoms with Gasteiger partial charge in [-0.3, -0.25) is 9.59 Å². The van der Waals surface area contributed by atoms with Crippen LogP contribution in [-0.4, -0.2) is 35.2 Å². The monoisotopic (exact) mass is 397 g/mol. The van der Waals surface area contributed by atoms with Crippen LogP contribution in [0.3, 0.4) is 0 Å². The summed E-state index contributed by atoms with van der Waals surface area (Å²) >= 11 is 2.17. The number of imide groups is 1. The zero-order valence-corrected chi connectivity index (χ0v) is 13.1. The highest BCUT2D eigenvalue weighted by molar-refractivity contribution is 14.1. The first-order chi connectivity index (χ1) is 10.1. The molecule has 0 aromatic heterocycles. The Morgan fingerprint density at radius 1 is 1.24 bits per heavy atom. The molecule has 4 atom stereocenters. The molecule has 1 aromatic rings. The minimum absolute atomic E-state index is 0.240. The molecule has 3 heterocycles. The summed E-state index contributed by atoms with van der Waals surface area (Å²) in [5.41, 5.74) is -0.452. The van der Waals surface area contributed by atoms with Crippen molar-refractivity contribution in [2.75, 3.05) is 11.5 Å². The van der Waals surface area contributed by atoms with E-state index < -0.39 is 23.5 Å². The summed E-state index contributed by atoms with van der Waals surface area (Å²) in [7, 11) is 0. The number of aliphatic hydroxyl groups excluding tert-OH is 1. The maximum Gasteiger partial charge on any atom is 0.241 e. The van der Waals surface area contributed by atoms with Crippen LogP contribution in [0.25, 0.3) is 0 Å². The van der Waals surface area contributed by atoms with Crippen molar-refractivity contribution in [1.82, 2.24) is 0 Å². The molecule has 1 N–H and O–H groups in total. The van der Waals surface area contributed by atoms with Crippen LogP contribution in [-0.2, 0) is 14.3 Å². The summed E-state index contributed by atoms with van der Waals surface area (Å²) in [6.45, 7) is -0.291. The van der Waals surface area contributed by atoms with Crippen LogP contribution in [0.15, 0.2) is 36.4 Å². The number of hydrogen-bond donors (Lipinski definition) is 1. The van der Waals surface area contributed by atoms with E-state index in [1.165, 1.54) is 4.90 Å². The molecule has 3 aliphatic rings. The molecule has 108 valence electrons. The molecule has 2 saturated heterocycles. The number of nitrogens with zero attached hydrogens (tertiary/aromatic N) is 1. The molecule has 2 fully saturated rings. The average molecular weight is 397 g/mol. The lowest BCUT2D eigenvalue weighted by Crippen LogP contribution is -2.43. The first kappa shape index (κ1) is 13.4. The maximum atomic E-state index is 12.7. The van der Waals surface area contributed by atoms with Gasteiger partial charge in [0.2, 0.25) is 11.8 Å². The van der Waals surface area contributed by atoms with E-state index in [9.17, 15) is 14.7 Å². The van der Waals surface area contributed by atoms with Gasteiger partial charge in [-0.05, 0) is 46.9 Å². The summed E-state index contributed by atoms with van der Waals surface area (Å²) in [5, 5.41) is 9.63. The fraction of sp³-hybridized carbons (Fsp3) is 0.333. The number of benzene rings is 1. The van der Waals surface area contributed by atoms with Gasteiger partial charge >= 0.3 is 0 Å². The lowest BCUT2D eigenvalue weighted by molar-refractivity contribution is -0.128. The zero-order chi connectivity index (χ0) is 14.8. The average Bonchev–Trinajstić information content (AvgIpc) is 3.12. The smallest absolute Gasteiger partial charge is 0.241 e. The van der Waals surface area contributed by atoms with Crippen molar-refractivity contribution >= 4 is 40.1 Å². The Bertz CT molecular complexity index is 671. The van der Waals surface area contributed by atoms with E-state index in [1.54, 1.807) is 24.3 Å². The van der Waals surface area contributed by atoms with Crippen LogP contribution in [0, 0.1) is 15.4 Å². The van der Waals surface area contributed by atoms with Crippen LogP contribution >= 0.6 is 22.6 Å². The van der Waals surface area contributed by atoms with Gasteiger partial charge in [-0.15, -0.1) is 0 Å². The minimum Gasteiger partial charge on any atom is -0.393 e. The van der Waals surface area contributed by atoms with E-state index in [0.29, 0.717) is 5.69 Å². The van der Waals surface area contributed by atoms with Crippen LogP contribution in [0.1, 0.15) is 0 Å².